The van der Waals surface area contributed by atoms with Gasteiger partial charge in [0.1, 0.15) is 17.2 Å². The molecule has 3 aromatic carbocycles. The number of amides is 2. The minimum atomic E-state index is -1.39. The summed E-state index contributed by atoms with van der Waals surface area (Å²) in [6.07, 6.45) is 1.83. The number of phenols is 1. The number of allylic oxidation sites excluding steroid dienone is 2. The smallest absolute Gasteiger partial charge is 0.347 e. The fourth-order valence-corrected chi connectivity index (χ4v) is 11.6. The van der Waals surface area contributed by atoms with Gasteiger partial charge in [0.15, 0.2) is 23.0 Å². The zero-order valence-electron chi connectivity index (χ0n) is 36.4. The lowest BCUT2D eigenvalue weighted by atomic mass is 9.56. The van der Waals surface area contributed by atoms with E-state index in [1.807, 2.05) is 31.2 Å². The molecule has 4 aromatic heterocycles. The van der Waals surface area contributed by atoms with Gasteiger partial charge >= 0.3 is 11.4 Å². The van der Waals surface area contributed by atoms with E-state index in [1.165, 1.54) is 62.2 Å². The van der Waals surface area contributed by atoms with Crippen molar-refractivity contribution in [1.29, 1.82) is 0 Å². The van der Waals surface area contributed by atoms with Crippen LogP contribution in [0.4, 0.5) is 5.82 Å². The van der Waals surface area contributed by atoms with Crippen LogP contribution in [0.5, 0.6) is 23.0 Å². The van der Waals surface area contributed by atoms with Crippen molar-refractivity contribution < 1.29 is 28.9 Å². The number of methoxy groups -OCH3 is 3. The molecule has 334 valence electrons. The van der Waals surface area contributed by atoms with Gasteiger partial charge in [-0.2, -0.15) is 5.10 Å². The normalized spacial score (nSPS) is 20.3. The number of phenolic OH excluding ortho intramolecular Hbond substituents is 1. The molecule has 2 aliphatic heterocycles. The van der Waals surface area contributed by atoms with Gasteiger partial charge in [-0.25, -0.2) is 33.4 Å². The molecule has 1 N–H and O–H groups in total. The Morgan fingerprint density at radius 2 is 1.66 bits per heavy atom. The third-order valence-corrected chi connectivity index (χ3v) is 15.1. The minimum Gasteiger partial charge on any atom is -0.504 e. The molecule has 0 unspecified atom stereocenters. The summed E-state index contributed by atoms with van der Waals surface area (Å²) in [7, 11) is 7.71. The number of carbonyl (C=O) groups excluding carboxylic acids is 2. The van der Waals surface area contributed by atoms with E-state index in [-0.39, 0.29) is 48.9 Å². The summed E-state index contributed by atoms with van der Waals surface area (Å²) >= 11 is 7.88. The molecule has 65 heavy (non-hydrogen) atoms. The molecular formula is C46H43ClN8O9S. The summed E-state index contributed by atoms with van der Waals surface area (Å²) < 4.78 is 24.2. The number of aromatic nitrogens is 7. The molecule has 4 atom stereocenters. The number of anilines is 1. The van der Waals surface area contributed by atoms with Crippen LogP contribution in [0.2, 0.25) is 5.02 Å². The number of nitrogens with zero attached hydrogens (tertiary/aromatic N) is 8. The Kier molecular flexibility index (Phi) is 9.76. The van der Waals surface area contributed by atoms with Crippen LogP contribution in [-0.2, 0) is 43.2 Å². The van der Waals surface area contributed by atoms with Crippen LogP contribution < -0.4 is 36.0 Å². The number of hydrogen-bond acceptors (Lipinski definition) is 12. The van der Waals surface area contributed by atoms with E-state index in [2.05, 4.69) is 4.98 Å². The zero-order chi connectivity index (χ0) is 46.0. The lowest BCUT2D eigenvalue weighted by Gasteiger charge is -2.47. The number of hydrogen-bond donors (Lipinski definition) is 1. The number of carbonyl (C=O) groups is 2. The predicted octanol–water partition coefficient (Wildman–Crippen LogP) is 5.47. The highest BCUT2D eigenvalue weighted by Crippen LogP contribution is 2.61. The first kappa shape index (κ1) is 42.1. The van der Waals surface area contributed by atoms with E-state index in [1.54, 1.807) is 51.4 Å². The summed E-state index contributed by atoms with van der Waals surface area (Å²) in [6, 6.07) is 14.7. The lowest BCUT2D eigenvalue weighted by Crippen LogP contribution is -2.49. The molecule has 1 aliphatic carbocycles. The maximum atomic E-state index is 15.3. The van der Waals surface area contributed by atoms with Gasteiger partial charge in [-0.15, -0.1) is 11.3 Å². The van der Waals surface area contributed by atoms with Crippen molar-refractivity contribution in [2.24, 2.45) is 25.4 Å². The van der Waals surface area contributed by atoms with Crippen molar-refractivity contribution in [3.8, 4) is 33.6 Å². The summed E-state index contributed by atoms with van der Waals surface area (Å²) in [5.74, 6) is -1.51. The number of imide groups is 1. The first-order valence-corrected chi connectivity index (χ1v) is 22.0. The highest BCUT2D eigenvalue weighted by Gasteiger charge is 2.66. The molecule has 7 aromatic rings. The van der Waals surface area contributed by atoms with Crippen molar-refractivity contribution >= 4 is 61.7 Å². The molecule has 1 saturated heterocycles. The van der Waals surface area contributed by atoms with E-state index in [0.29, 0.717) is 44.4 Å². The molecule has 2 amide bonds. The first-order valence-electron chi connectivity index (χ1n) is 20.8. The number of aromatic hydroxyl groups is 1. The van der Waals surface area contributed by atoms with Crippen molar-refractivity contribution in [2.45, 2.75) is 51.7 Å². The summed E-state index contributed by atoms with van der Waals surface area (Å²) in [5.41, 5.74) is 0.888. The Morgan fingerprint density at radius 1 is 0.923 bits per heavy atom. The molecule has 0 spiro atoms. The van der Waals surface area contributed by atoms with Crippen molar-refractivity contribution in [3.63, 3.8) is 0 Å². The second-order valence-corrected chi connectivity index (χ2v) is 18.3. The molecule has 10 rings (SSSR count). The zero-order valence-corrected chi connectivity index (χ0v) is 38.0. The standard InChI is InChI=1S/C46H43ClN8O9S/c1-22-26-17-24(47)9-11-37(26)65-40(22)30-20-38(51(4)49-30)54-41(57)27-18-31-25(39(46(27,2)43(54)59)23-8-10-33(56)34(16-23)62-5)12-15-53-44(60)52(45(61)55(31)53)14-13-28-42(58)50(3)32-21-36(64-7)35(63-6)19-29(32)48-28/h8-12,16-17,19-21,27,31,39,56H,13-15,18H2,1-7H3/t27-,31+,39-,46+/m0/s1. The van der Waals surface area contributed by atoms with Crippen LogP contribution in [0.15, 0.2) is 80.6 Å². The topological polar surface area (TPSA) is 187 Å². The third kappa shape index (κ3) is 6.06. The SMILES string of the molecule is COc1cc([C@H]2C3=CCn4c(=O)n(CCc5nc6cc(OC)c(OC)cc6n(C)c5=O)c(=O)n4[C@@H]3C[C@H]3C(=O)N(c4cc(-c5sc6ccc(Cl)cc6c5C)nn4C)C(=O)[C@@]23C)ccc1O. The van der Waals surface area contributed by atoms with Crippen molar-refractivity contribution in [2.75, 3.05) is 26.2 Å². The second-order valence-electron chi connectivity index (χ2n) is 16.9. The monoisotopic (exact) mass is 918 g/mol. The number of rotatable bonds is 9. The molecule has 3 aliphatic rings. The van der Waals surface area contributed by atoms with E-state index in [9.17, 15) is 19.5 Å². The van der Waals surface area contributed by atoms with E-state index >= 15 is 9.59 Å². The van der Waals surface area contributed by atoms with E-state index < -0.39 is 52.0 Å². The van der Waals surface area contributed by atoms with Crippen LogP contribution >= 0.6 is 22.9 Å². The van der Waals surface area contributed by atoms with Crippen LogP contribution in [0.25, 0.3) is 31.7 Å². The van der Waals surface area contributed by atoms with Crippen LogP contribution in [0.1, 0.15) is 42.1 Å². The fourth-order valence-electron chi connectivity index (χ4n) is 10.3. The molecule has 1 saturated carbocycles. The Bertz CT molecular complexity index is 3430. The maximum Gasteiger partial charge on any atom is 0.347 e. The Labute approximate surface area is 378 Å². The van der Waals surface area contributed by atoms with Gasteiger partial charge in [0, 0.05) is 60.9 Å². The first-order chi connectivity index (χ1) is 31.1. The maximum absolute atomic E-state index is 15.3. The molecule has 0 radical (unpaired) electrons. The molecule has 2 fully saturated rings. The molecule has 0 bridgehead atoms. The Morgan fingerprint density at radius 3 is 2.40 bits per heavy atom. The molecular weight excluding hydrogens is 876 g/mol. The predicted molar refractivity (Wildman–Crippen MR) is 244 cm³/mol. The number of fused-ring (bicyclic) bond motifs is 6. The highest BCUT2D eigenvalue weighted by atomic mass is 35.5. The summed E-state index contributed by atoms with van der Waals surface area (Å²) in [6.45, 7) is 3.59. The van der Waals surface area contributed by atoms with Gasteiger partial charge in [-0.05, 0) is 72.7 Å². The van der Waals surface area contributed by atoms with Gasteiger partial charge in [0.05, 0.1) is 61.2 Å². The van der Waals surface area contributed by atoms with Crippen LogP contribution in [-0.4, -0.2) is 71.5 Å². The fraction of sp³-hybridized carbons (Fsp3) is 0.326. The van der Waals surface area contributed by atoms with E-state index in [0.717, 1.165) is 25.1 Å². The number of halogens is 1. The molecule has 17 nitrogen and oxygen atoms in total. The average molecular weight is 919 g/mol. The second kappa shape index (κ2) is 15.1. The Balaban J connectivity index is 1.05. The Hall–Kier alpha value is -6.92. The van der Waals surface area contributed by atoms with Gasteiger partial charge in [-0.3, -0.25) is 19.1 Å². The van der Waals surface area contributed by atoms with Crippen LogP contribution in [0, 0.1) is 18.3 Å². The number of thiophene rings is 1. The van der Waals surface area contributed by atoms with Gasteiger partial charge in [-0.1, -0.05) is 23.7 Å². The summed E-state index contributed by atoms with van der Waals surface area (Å²) in [5, 5.41) is 17.1. The number of ether oxygens (including phenoxy) is 3. The van der Waals surface area contributed by atoms with Crippen molar-refractivity contribution in [3.05, 3.63) is 119 Å². The number of benzene rings is 3. The average Bonchev–Trinajstić information content (AvgIpc) is 3.96. The lowest BCUT2D eigenvalue weighted by molar-refractivity contribution is -0.129. The van der Waals surface area contributed by atoms with Gasteiger partial charge in [0.2, 0.25) is 11.8 Å². The van der Waals surface area contributed by atoms with E-state index in [4.69, 9.17) is 30.9 Å². The molecule has 19 heteroatoms. The summed E-state index contributed by atoms with van der Waals surface area (Å²) in [4.78, 5) is 79.4. The molecule has 6 heterocycles. The van der Waals surface area contributed by atoms with Crippen molar-refractivity contribution in [1.82, 2.24) is 33.3 Å². The largest absolute Gasteiger partial charge is 0.504 e. The quantitative estimate of drug-likeness (QED) is 0.143. The minimum absolute atomic E-state index is 0.00629. The van der Waals surface area contributed by atoms with Crippen LogP contribution in [0.3, 0.4) is 0 Å². The van der Waals surface area contributed by atoms with Gasteiger partial charge < -0.3 is 23.9 Å². The van der Waals surface area contributed by atoms with Gasteiger partial charge in [0.25, 0.3) is 5.56 Å². The third-order valence-electron chi connectivity index (χ3n) is 13.6. The number of aryl methyl sites for hydroxylation is 4. The highest BCUT2D eigenvalue weighted by molar-refractivity contribution is 7.22.